The molecule has 6 nitrogen and oxygen atoms in total. The van der Waals surface area contributed by atoms with Gasteiger partial charge in [0.1, 0.15) is 0 Å². The lowest BCUT2D eigenvalue weighted by molar-refractivity contribution is 0.0963. The number of amides is 2. The van der Waals surface area contributed by atoms with Crippen molar-refractivity contribution < 1.29 is 18.0 Å². The Morgan fingerprint density at radius 3 is 2.20 bits per heavy atom. The summed E-state index contributed by atoms with van der Waals surface area (Å²) < 4.78 is 23.6. The third-order valence-corrected chi connectivity index (χ3v) is 5.58. The second-order valence-electron chi connectivity index (χ2n) is 5.46. The zero-order chi connectivity index (χ0) is 18.6. The topological polar surface area (TPSA) is 92.3 Å². The average molecular weight is 360 g/mol. The van der Waals surface area contributed by atoms with Crippen LogP contribution in [0.4, 0.5) is 5.69 Å². The Hall–Kier alpha value is -2.67. The SMILES string of the molecule is CCS(=O)(=O)c1ccc(C(=O)Nc2cccc(C)c2C(=O)NC)cc1. The Bertz CT molecular complexity index is 903. The summed E-state index contributed by atoms with van der Waals surface area (Å²) in [6.45, 7) is 3.35. The van der Waals surface area contributed by atoms with Gasteiger partial charge in [0, 0.05) is 12.6 Å². The highest BCUT2D eigenvalue weighted by atomic mass is 32.2. The number of benzene rings is 2. The molecule has 0 saturated heterocycles. The number of sulfone groups is 1. The summed E-state index contributed by atoms with van der Waals surface area (Å²) >= 11 is 0. The number of carbonyl (C=O) groups excluding carboxylic acids is 2. The predicted octanol–water partition coefficient (Wildman–Crippen LogP) is 2.40. The molecule has 0 heterocycles. The number of hydrogen-bond donors (Lipinski definition) is 2. The number of nitrogens with one attached hydrogen (secondary N) is 2. The fourth-order valence-electron chi connectivity index (χ4n) is 2.37. The maximum absolute atomic E-state index is 12.4. The minimum absolute atomic E-state index is 0.00265. The minimum atomic E-state index is -3.31. The molecule has 0 saturated carbocycles. The number of rotatable bonds is 5. The first-order valence-electron chi connectivity index (χ1n) is 7.76. The van der Waals surface area contributed by atoms with E-state index < -0.39 is 15.7 Å². The first-order valence-corrected chi connectivity index (χ1v) is 9.41. The van der Waals surface area contributed by atoms with Crippen molar-refractivity contribution in [3.63, 3.8) is 0 Å². The summed E-state index contributed by atoms with van der Waals surface area (Å²) in [5, 5.41) is 5.25. The van der Waals surface area contributed by atoms with E-state index in [1.165, 1.54) is 31.3 Å². The lowest BCUT2D eigenvalue weighted by atomic mass is 10.1. The number of anilines is 1. The van der Waals surface area contributed by atoms with Crippen molar-refractivity contribution in [2.45, 2.75) is 18.7 Å². The molecule has 2 aromatic rings. The Morgan fingerprint density at radius 1 is 1.00 bits per heavy atom. The predicted molar refractivity (Wildman–Crippen MR) is 96.7 cm³/mol. The van der Waals surface area contributed by atoms with E-state index in [9.17, 15) is 18.0 Å². The third-order valence-electron chi connectivity index (χ3n) is 3.83. The third kappa shape index (κ3) is 4.06. The summed E-state index contributed by atoms with van der Waals surface area (Å²) in [6.07, 6.45) is 0. The van der Waals surface area contributed by atoms with Crippen LogP contribution in [0, 0.1) is 6.92 Å². The molecule has 0 radical (unpaired) electrons. The zero-order valence-corrected chi connectivity index (χ0v) is 15.1. The highest BCUT2D eigenvalue weighted by Crippen LogP contribution is 2.21. The van der Waals surface area contributed by atoms with Crippen LogP contribution in [0.25, 0.3) is 0 Å². The van der Waals surface area contributed by atoms with E-state index >= 15 is 0 Å². The molecule has 0 fully saturated rings. The van der Waals surface area contributed by atoms with Crippen molar-refractivity contribution in [1.29, 1.82) is 0 Å². The smallest absolute Gasteiger partial charge is 0.255 e. The number of hydrogen-bond acceptors (Lipinski definition) is 4. The van der Waals surface area contributed by atoms with Gasteiger partial charge in [-0.2, -0.15) is 0 Å². The Labute approximate surface area is 147 Å². The molecule has 0 unspecified atom stereocenters. The summed E-state index contributed by atoms with van der Waals surface area (Å²) in [4.78, 5) is 24.6. The van der Waals surface area contributed by atoms with Gasteiger partial charge in [-0.15, -0.1) is 0 Å². The van der Waals surface area contributed by atoms with Crippen LogP contribution in [0.5, 0.6) is 0 Å². The molecule has 0 bridgehead atoms. The Morgan fingerprint density at radius 2 is 1.64 bits per heavy atom. The van der Waals surface area contributed by atoms with E-state index in [-0.39, 0.29) is 16.6 Å². The lowest BCUT2D eigenvalue weighted by Gasteiger charge is -2.13. The molecule has 0 atom stereocenters. The highest BCUT2D eigenvalue weighted by Gasteiger charge is 2.17. The molecule has 0 aliphatic carbocycles. The van der Waals surface area contributed by atoms with Crippen LogP contribution in [0.2, 0.25) is 0 Å². The van der Waals surface area contributed by atoms with Gasteiger partial charge in [-0.05, 0) is 42.8 Å². The fraction of sp³-hybridized carbons (Fsp3) is 0.222. The summed E-state index contributed by atoms with van der Waals surface area (Å²) in [7, 11) is -1.79. The van der Waals surface area contributed by atoms with Gasteiger partial charge in [-0.3, -0.25) is 9.59 Å². The average Bonchev–Trinajstić information content (AvgIpc) is 2.61. The highest BCUT2D eigenvalue weighted by molar-refractivity contribution is 7.91. The molecule has 0 spiro atoms. The van der Waals surface area contributed by atoms with Crippen molar-refractivity contribution >= 4 is 27.3 Å². The van der Waals surface area contributed by atoms with Crippen LogP contribution in [0.3, 0.4) is 0 Å². The monoisotopic (exact) mass is 360 g/mol. The van der Waals surface area contributed by atoms with Crippen molar-refractivity contribution in [3.05, 3.63) is 59.2 Å². The van der Waals surface area contributed by atoms with Crippen LogP contribution in [-0.4, -0.2) is 33.0 Å². The van der Waals surface area contributed by atoms with Gasteiger partial charge in [-0.25, -0.2) is 8.42 Å². The lowest BCUT2D eigenvalue weighted by Crippen LogP contribution is -2.22. The van der Waals surface area contributed by atoms with E-state index in [1.807, 2.05) is 0 Å². The van der Waals surface area contributed by atoms with Crippen molar-refractivity contribution in [2.24, 2.45) is 0 Å². The first-order chi connectivity index (χ1) is 11.8. The largest absolute Gasteiger partial charge is 0.355 e. The van der Waals surface area contributed by atoms with E-state index in [2.05, 4.69) is 10.6 Å². The molecule has 7 heteroatoms. The van der Waals surface area contributed by atoms with Gasteiger partial charge in [-0.1, -0.05) is 19.1 Å². The van der Waals surface area contributed by atoms with Crippen LogP contribution >= 0.6 is 0 Å². The summed E-state index contributed by atoms with van der Waals surface area (Å²) in [5.41, 5.74) is 1.83. The van der Waals surface area contributed by atoms with Crippen molar-refractivity contribution in [2.75, 3.05) is 18.1 Å². The van der Waals surface area contributed by atoms with Crippen molar-refractivity contribution in [1.82, 2.24) is 5.32 Å². The summed E-state index contributed by atoms with van der Waals surface area (Å²) in [6, 6.07) is 10.9. The minimum Gasteiger partial charge on any atom is -0.355 e. The van der Waals surface area contributed by atoms with Gasteiger partial charge < -0.3 is 10.6 Å². The fourth-order valence-corrected chi connectivity index (χ4v) is 3.26. The molecular weight excluding hydrogens is 340 g/mol. The van der Waals surface area contributed by atoms with E-state index in [4.69, 9.17) is 0 Å². The van der Waals surface area contributed by atoms with E-state index in [0.717, 1.165) is 5.56 Å². The van der Waals surface area contributed by atoms with Crippen molar-refractivity contribution in [3.8, 4) is 0 Å². The van der Waals surface area contributed by atoms with Gasteiger partial charge in [0.05, 0.1) is 21.9 Å². The van der Waals surface area contributed by atoms with Gasteiger partial charge in [0.15, 0.2) is 9.84 Å². The maximum atomic E-state index is 12.4. The van der Waals surface area contributed by atoms with Crippen LogP contribution < -0.4 is 10.6 Å². The second-order valence-corrected chi connectivity index (χ2v) is 7.74. The Kier molecular flexibility index (Phi) is 5.58. The molecule has 25 heavy (non-hydrogen) atoms. The normalized spacial score (nSPS) is 11.0. The summed E-state index contributed by atoms with van der Waals surface area (Å²) in [5.74, 6) is -0.717. The molecule has 2 N–H and O–H groups in total. The molecule has 0 aliphatic heterocycles. The Balaban J connectivity index is 2.29. The maximum Gasteiger partial charge on any atom is 0.255 e. The zero-order valence-electron chi connectivity index (χ0n) is 14.3. The number of carbonyl (C=O) groups is 2. The van der Waals surface area contributed by atoms with Gasteiger partial charge in [0.25, 0.3) is 11.8 Å². The van der Waals surface area contributed by atoms with Crippen LogP contribution in [0.1, 0.15) is 33.2 Å². The molecule has 2 rings (SSSR count). The standard InChI is InChI=1S/C18H20N2O4S/c1-4-25(23,24)14-10-8-13(9-11-14)17(21)20-15-7-5-6-12(2)16(15)18(22)19-3/h5-11H,4H2,1-3H3,(H,19,22)(H,20,21). The van der Waals surface area contributed by atoms with E-state index in [0.29, 0.717) is 16.8 Å². The molecule has 2 aromatic carbocycles. The number of aryl methyl sites for hydroxylation is 1. The molecule has 132 valence electrons. The molecular formula is C18H20N2O4S. The van der Waals surface area contributed by atoms with Gasteiger partial charge >= 0.3 is 0 Å². The first kappa shape index (κ1) is 18.7. The quantitative estimate of drug-likeness (QED) is 0.856. The second kappa shape index (κ2) is 7.48. The molecule has 0 aromatic heterocycles. The molecule has 2 amide bonds. The van der Waals surface area contributed by atoms with Crippen LogP contribution in [-0.2, 0) is 9.84 Å². The van der Waals surface area contributed by atoms with Crippen LogP contribution in [0.15, 0.2) is 47.4 Å². The van der Waals surface area contributed by atoms with E-state index in [1.54, 1.807) is 32.0 Å². The van der Waals surface area contributed by atoms with Gasteiger partial charge in [0.2, 0.25) is 0 Å². The molecule has 0 aliphatic rings.